The van der Waals surface area contributed by atoms with Crippen LogP contribution in [0, 0.1) is 5.92 Å². The second kappa shape index (κ2) is 10.7. The van der Waals surface area contributed by atoms with E-state index in [0.717, 1.165) is 31.7 Å². The third-order valence-electron chi connectivity index (χ3n) is 6.61. The first-order chi connectivity index (χ1) is 18.2. The molecule has 0 bridgehead atoms. The molecule has 1 aliphatic heterocycles. The number of aromatic hydroxyl groups is 1. The summed E-state index contributed by atoms with van der Waals surface area (Å²) < 4.78 is 0. The lowest BCUT2D eigenvalue weighted by molar-refractivity contribution is 0.0940. The van der Waals surface area contributed by atoms with E-state index in [9.17, 15) is 9.90 Å². The van der Waals surface area contributed by atoms with Gasteiger partial charge < -0.3 is 21.1 Å². The van der Waals surface area contributed by atoms with E-state index in [1.54, 1.807) is 30.6 Å². The molecule has 1 saturated heterocycles. The van der Waals surface area contributed by atoms with Gasteiger partial charge in [-0.2, -0.15) is 0 Å². The number of benzene rings is 1. The number of aromatic nitrogens is 3. The van der Waals surface area contributed by atoms with Gasteiger partial charge in [0.25, 0.3) is 0 Å². The van der Waals surface area contributed by atoms with Crippen LogP contribution in [0.5, 0.6) is 5.75 Å². The molecular formula is C28H28Cl2N6O2. The normalized spacial score (nSPS) is 15.7. The maximum atomic E-state index is 13.2. The van der Waals surface area contributed by atoms with Gasteiger partial charge in [0.1, 0.15) is 11.3 Å². The standard InChI is InChI=1S/C28H28Cl2N6O2/c1-15(2)27(37)19-13-32-23-7-6-22(16-10-20(29)28(38)21(30)11-16)35-26(23)25(19)34-18-5-8-24(33-12-18)36-9-3-4-17(31)14-36/h5-8,10-13,15,17,38H,3-4,9,14,31H2,1-2H3,(H,32,34)/t17-/m1/s1. The summed E-state index contributed by atoms with van der Waals surface area (Å²) in [6.45, 7) is 5.40. The molecule has 0 spiro atoms. The molecule has 0 saturated carbocycles. The first kappa shape index (κ1) is 26.2. The van der Waals surface area contributed by atoms with Crippen molar-refractivity contribution in [2.24, 2.45) is 11.7 Å². The first-order valence-electron chi connectivity index (χ1n) is 12.5. The fourth-order valence-electron chi connectivity index (χ4n) is 4.57. The number of halogens is 2. The lowest BCUT2D eigenvalue weighted by Crippen LogP contribution is -2.43. The summed E-state index contributed by atoms with van der Waals surface area (Å²) in [5.41, 5.74) is 10.1. The zero-order chi connectivity index (χ0) is 27.0. The van der Waals surface area contributed by atoms with Crippen molar-refractivity contribution >= 4 is 57.2 Å². The van der Waals surface area contributed by atoms with Gasteiger partial charge in [-0.1, -0.05) is 37.0 Å². The van der Waals surface area contributed by atoms with Crippen LogP contribution in [0.1, 0.15) is 37.0 Å². The van der Waals surface area contributed by atoms with Gasteiger partial charge >= 0.3 is 0 Å². The zero-order valence-corrected chi connectivity index (χ0v) is 22.6. The smallest absolute Gasteiger partial charge is 0.169 e. The number of carbonyl (C=O) groups is 1. The highest BCUT2D eigenvalue weighted by atomic mass is 35.5. The van der Waals surface area contributed by atoms with Crippen molar-refractivity contribution < 1.29 is 9.90 Å². The van der Waals surface area contributed by atoms with Crippen LogP contribution in [0.15, 0.2) is 48.8 Å². The van der Waals surface area contributed by atoms with E-state index in [1.165, 1.54) is 0 Å². The molecule has 4 N–H and O–H groups in total. The second-order valence-electron chi connectivity index (χ2n) is 9.80. The number of phenols is 1. The minimum Gasteiger partial charge on any atom is -0.505 e. The Labute approximate surface area is 230 Å². The van der Waals surface area contributed by atoms with Crippen LogP contribution in [-0.2, 0) is 0 Å². The Morgan fingerprint density at radius 2 is 1.89 bits per heavy atom. The van der Waals surface area contributed by atoms with E-state index >= 15 is 0 Å². The van der Waals surface area contributed by atoms with E-state index in [4.69, 9.17) is 33.9 Å². The molecule has 0 unspecified atom stereocenters. The number of phenolic OH excluding ortho intramolecular Hbond substituents is 1. The van der Waals surface area contributed by atoms with E-state index in [2.05, 4.69) is 20.2 Å². The predicted octanol–water partition coefficient (Wildman–Crippen LogP) is 6.21. The Balaban J connectivity index is 1.57. The molecule has 1 fully saturated rings. The number of carbonyl (C=O) groups excluding carboxylic acids is 1. The van der Waals surface area contributed by atoms with Crippen LogP contribution >= 0.6 is 23.2 Å². The summed E-state index contributed by atoms with van der Waals surface area (Å²) in [7, 11) is 0. The first-order valence-corrected chi connectivity index (χ1v) is 13.2. The third kappa shape index (κ3) is 5.25. The maximum absolute atomic E-state index is 13.2. The molecule has 0 aliphatic carbocycles. The van der Waals surface area contributed by atoms with Crippen LogP contribution in [0.4, 0.5) is 17.2 Å². The molecule has 4 heterocycles. The number of pyridine rings is 3. The van der Waals surface area contributed by atoms with Crippen molar-refractivity contribution in [3.63, 3.8) is 0 Å². The lowest BCUT2D eigenvalue weighted by Gasteiger charge is -2.31. The number of ketones is 1. The van der Waals surface area contributed by atoms with Crippen molar-refractivity contribution in [3.05, 3.63) is 64.4 Å². The van der Waals surface area contributed by atoms with Gasteiger partial charge in [0.2, 0.25) is 0 Å². The van der Waals surface area contributed by atoms with E-state index < -0.39 is 0 Å². The molecule has 0 radical (unpaired) electrons. The SMILES string of the molecule is CC(C)C(=O)c1cnc2ccc(-c3cc(Cl)c(O)c(Cl)c3)nc2c1Nc1ccc(N2CCC[C@@H](N)C2)nc1. The van der Waals surface area contributed by atoms with Crippen LogP contribution in [0.3, 0.4) is 0 Å². The maximum Gasteiger partial charge on any atom is 0.169 e. The molecule has 10 heteroatoms. The van der Waals surface area contributed by atoms with Crippen molar-refractivity contribution in [1.29, 1.82) is 0 Å². The lowest BCUT2D eigenvalue weighted by atomic mass is 10.00. The summed E-state index contributed by atoms with van der Waals surface area (Å²) in [4.78, 5) is 29.3. The second-order valence-corrected chi connectivity index (χ2v) is 10.6. The molecule has 196 valence electrons. The molecule has 1 atom stereocenters. The number of nitrogens with zero attached hydrogens (tertiary/aromatic N) is 4. The minimum absolute atomic E-state index is 0.0586. The molecule has 0 amide bonds. The van der Waals surface area contributed by atoms with Crippen molar-refractivity contribution in [1.82, 2.24) is 15.0 Å². The van der Waals surface area contributed by atoms with Gasteiger partial charge in [-0.15, -0.1) is 0 Å². The van der Waals surface area contributed by atoms with Gasteiger partial charge in [0.15, 0.2) is 11.5 Å². The highest BCUT2D eigenvalue weighted by molar-refractivity contribution is 6.37. The molecule has 38 heavy (non-hydrogen) atoms. The number of Topliss-reactive ketones (excluding diaryl/α,β-unsaturated/α-hetero) is 1. The summed E-state index contributed by atoms with van der Waals surface area (Å²) in [5, 5.41) is 13.6. The highest BCUT2D eigenvalue weighted by Crippen LogP contribution is 2.37. The van der Waals surface area contributed by atoms with E-state index in [0.29, 0.717) is 39.2 Å². The number of hydrogen-bond acceptors (Lipinski definition) is 8. The Morgan fingerprint density at radius 1 is 1.13 bits per heavy atom. The molecule has 4 aromatic rings. The Bertz CT molecular complexity index is 1490. The Kier molecular flexibility index (Phi) is 7.38. The molecular weight excluding hydrogens is 523 g/mol. The number of anilines is 3. The zero-order valence-electron chi connectivity index (χ0n) is 21.1. The fourth-order valence-corrected chi connectivity index (χ4v) is 5.06. The van der Waals surface area contributed by atoms with Crippen molar-refractivity contribution in [3.8, 4) is 17.0 Å². The minimum atomic E-state index is -0.239. The van der Waals surface area contributed by atoms with Gasteiger partial charge in [0, 0.05) is 36.8 Å². The number of hydrogen-bond donors (Lipinski definition) is 3. The van der Waals surface area contributed by atoms with Crippen molar-refractivity contribution in [2.45, 2.75) is 32.7 Å². The van der Waals surface area contributed by atoms with E-state index in [1.807, 2.05) is 32.0 Å². The van der Waals surface area contributed by atoms with Gasteiger partial charge in [0.05, 0.1) is 44.4 Å². The summed E-state index contributed by atoms with van der Waals surface area (Å²) in [6.07, 6.45) is 5.39. The largest absolute Gasteiger partial charge is 0.505 e. The van der Waals surface area contributed by atoms with Gasteiger partial charge in [-0.25, -0.2) is 9.97 Å². The number of nitrogens with two attached hydrogens (primary N) is 1. The fraction of sp³-hybridized carbons (Fsp3) is 0.286. The van der Waals surface area contributed by atoms with Crippen LogP contribution in [0.25, 0.3) is 22.3 Å². The van der Waals surface area contributed by atoms with E-state index in [-0.39, 0.29) is 33.5 Å². The summed E-state index contributed by atoms with van der Waals surface area (Å²) in [6, 6.07) is 10.8. The molecule has 3 aromatic heterocycles. The summed E-state index contributed by atoms with van der Waals surface area (Å²) in [5.74, 6) is 0.382. The Hall–Kier alpha value is -3.46. The van der Waals surface area contributed by atoms with Gasteiger partial charge in [-0.05, 0) is 49.2 Å². The average Bonchev–Trinajstić information content (AvgIpc) is 2.91. The number of nitrogens with one attached hydrogen (secondary N) is 1. The van der Waals surface area contributed by atoms with Crippen LogP contribution in [-0.4, -0.2) is 45.0 Å². The Morgan fingerprint density at radius 3 is 2.55 bits per heavy atom. The van der Waals surface area contributed by atoms with Crippen LogP contribution in [0.2, 0.25) is 10.0 Å². The van der Waals surface area contributed by atoms with Gasteiger partial charge in [-0.3, -0.25) is 9.78 Å². The number of rotatable bonds is 6. The molecule has 5 rings (SSSR count). The molecule has 1 aromatic carbocycles. The highest BCUT2D eigenvalue weighted by Gasteiger charge is 2.21. The third-order valence-corrected chi connectivity index (χ3v) is 7.19. The summed E-state index contributed by atoms with van der Waals surface area (Å²) >= 11 is 12.3. The molecule has 1 aliphatic rings. The quantitative estimate of drug-likeness (QED) is 0.242. The topological polar surface area (TPSA) is 117 Å². The van der Waals surface area contributed by atoms with Crippen molar-refractivity contribution in [2.75, 3.05) is 23.3 Å². The molecule has 8 nitrogen and oxygen atoms in total. The van der Waals surface area contributed by atoms with Crippen LogP contribution < -0.4 is 16.0 Å². The monoisotopic (exact) mass is 550 g/mol. The number of piperidine rings is 1. The average molecular weight is 551 g/mol. The number of fused-ring (bicyclic) bond motifs is 1. The predicted molar refractivity (Wildman–Crippen MR) is 153 cm³/mol.